The molecule has 5 nitrogen and oxygen atoms in total. The Labute approximate surface area is 118 Å². The lowest BCUT2D eigenvalue weighted by molar-refractivity contribution is 0.285. The van der Waals surface area contributed by atoms with Gasteiger partial charge in [-0.25, -0.2) is 0 Å². The Morgan fingerprint density at radius 2 is 2.15 bits per heavy atom. The van der Waals surface area contributed by atoms with Crippen molar-refractivity contribution >= 4 is 0 Å². The van der Waals surface area contributed by atoms with E-state index in [4.69, 9.17) is 4.52 Å². The molecular weight excluding hydrogens is 252 g/mol. The number of nitrogens with one attached hydrogen (secondary N) is 1. The van der Waals surface area contributed by atoms with E-state index in [1.54, 1.807) is 12.4 Å². The summed E-state index contributed by atoms with van der Waals surface area (Å²) in [7, 11) is 0. The third-order valence-electron chi connectivity index (χ3n) is 3.93. The first-order chi connectivity index (χ1) is 9.86. The van der Waals surface area contributed by atoms with Gasteiger partial charge in [-0.05, 0) is 44.4 Å². The summed E-state index contributed by atoms with van der Waals surface area (Å²) >= 11 is 0. The second kappa shape index (κ2) is 6.13. The zero-order chi connectivity index (χ0) is 13.8. The predicted octanol–water partition coefficient (Wildman–Crippen LogP) is 2.77. The third-order valence-corrected chi connectivity index (χ3v) is 3.93. The lowest BCUT2D eigenvalue weighted by Gasteiger charge is -2.26. The SMILES string of the molecule is CCNC1CCC(c2nc(-c3cccnc3)no2)CC1. The molecule has 0 bridgehead atoms. The number of rotatable bonds is 4. The van der Waals surface area contributed by atoms with Crippen molar-refractivity contribution in [3.8, 4) is 11.4 Å². The van der Waals surface area contributed by atoms with Gasteiger partial charge in [-0.3, -0.25) is 4.98 Å². The van der Waals surface area contributed by atoms with Gasteiger partial charge >= 0.3 is 0 Å². The molecule has 0 aromatic carbocycles. The molecule has 1 aliphatic carbocycles. The van der Waals surface area contributed by atoms with Gasteiger partial charge in [-0.2, -0.15) is 4.98 Å². The number of hydrogen-bond donors (Lipinski definition) is 1. The fourth-order valence-electron chi connectivity index (χ4n) is 2.85. The summed E-state index contributed by atoms with van der Waals surface area (Å²) in [4.78, 5) is 8.62. The third kappa shape index (κ3) is 2.88. The Balaban J connectivity index is 1.66. The van der Waals surface area contributed by atoms with Crippen LogP contribution in [0.5, 0.6) is 0 Å². The van der Waals surface area contributed by atoms with Crippen LogP contribution in [0.15, 0.2) is 29.0 Å². The molecule has 0 amide bonds. The van der Waals surface area contributed by atoms with E-state index in [-0.39, 0.29) is 0 Å². The van der Waals surface area contributed by atoms with Crippen molar-refractivity contribution in [3.63, 3.8) is 0 Å². The molecule has 2 heterocycles. The molecule has 5 heteroatoms. The monoisotopic (exact) mass is 272 g/mol. The number of hydrogen-bond acceptors (Lipinski definition) is 5. The maximum absolute atomic E-state index is 5.44. The molecule has 106 valence electrons. The van der Waals surface area contributed by atoms with Gasteiger partial charge in [0.15, 0.2) is 0 Å². The minimum absolute atomic E-state index is 0.405. The van der Waals surface area contributed by atoms with E-state index in [0.717, 1.165) is 30.8 Å². The van der Waals surface area contributed by atoms with E-state index >= 15 is 0 Å². The van der Waals surface area contributed by atoms with Crippen LogP contribution in [0.2, 0.25) is 0 Å². The zero-order valence-corrected chi connectivity index (χ0v) is 11.7. The van der Waals surface area contributed by atoms with Gasteiger partial charge in [-0.1, -0.05) is 12.1 Å². The largest absolute Gasteiger partial charge is 0.339 e. The molecule has 0 saturated heterocycles. The quantitative estimate of drug-likeness (QED) is 0.927. The molecule has 0 spiro atoms. The lowest BCUT2D eigenvalue weighted by atomic mass is 9.86. The van der Waals surface area contributed by atoms with E-state index < -0.39 is 0 Å². The van der Waals surface area contributed by atoms with Crippen LogP contribution >= 0.6 is 0 Å². The lowest BCUT2D eigenvalue weighted by Crippen LogP contribution is -2.32. The second-order valence-electron chi connectivity index (χ2n) is 5.30. The summed E-state index contributed by atoms with van der Waals surface area (Å²) in [5, 5.41) is 7.59. The first kappa shape index (κ1) is 13.2. The Hall–Kier alpha value is -1.75. The van der Waals surface area contributed by atoms with Crippen LogP contribution in [-0.4, -0.2) is 27.7 Å². The second-order valence-corrected chi connectivity index (χ2v) is 5.30. The average molecular weight is 272 g/mol. The molecule has 3 rings (SSSR count). The van der Waals surface area contributed by atoms with Gasteiger partial charge in [0.2, 0.25) is 11.7 Å². The van der Waals surface area contributed by atoms with Crippen molar-refractivity contribution < 1.29 is 4.52 Å². The number of aromatic nitrogens is 3. The van der Waals surface area contributed by atoms with E-state index in [1.807, 2.05) is 12.1 Å². The fourth-order valence-corrected chi connectivity index (χ4v) is 2.85. The van der Waals surface area contributed by atoms with Gasteiger partial charge in [0.05, 0.1) is 0 Å². The molecule has 2 aromatic rings. The van der Waals surface area contributed by atoms with E-state index in [0.29, 0.717) is 17.8 Å². The highest BCUT2D eigenvalue weighted by Crippen LogP contribution is 2.32. The van der Waals surface area contributed by atoms with Crippen LogP contribution in [0.1, 0.15) is 44.4 Å². The summed E-state index contributed by atoms with van der Waals surface area (Å²) in [5.74, 6) is 1.82. The van der Waals surface area contributed by atoms with Gasteiger partial charge in [0, 0.05) is 29.9 Å². The van der Waals surface area contributed by atoms with Crippen LogP contribution in [0.4, 0.5) is 0 Å². The highest BCUT2D eigenvalue weighted by Gasteiger charge is 2.26. The topological polar surface area (TPSA) is 63.8 Å². The molecule has 0 atom stereocenters. The van der Waals surface area contributed by atoms with Crippen LogP contribution < -0.4 is 5.32 Å². The van der Waals surface area contributed by atoms with Crippen LogP contribution in [0.3, 0.4) is 0 Å². The van der Waals surface area contributed by atoms with Gasteiger partial charge < -0.3 is 9.84 Å². The highest BCUT2D eigenvalue weighted by molar-refractivity contribution is 5.51. The summed E-state index contributed by atoms with van der Waals surface area (Å²) in [5.41, 5.74) is 0.906. The van der Waals surface area contributed by atoms with Crippen LogP contribution in [0, 0.1) is 0 Å². The van der Waals surface area contributed by atoms with Gasteiger partial charge in [0.25, 0.3) is 0 Å². The van der Waals surface area contributed by atoms with Gasteiger partial charge in [-0.15, -0.1) is 0 Å². The summed E-state index contributed by atoms with van der Waals surface area (Å²) in [6, 6.07) is 4.48. The minimum atomic E-state index is 0.405. The summed E-state index contributed by atoms with van der Waals surface area (Å²) < 4.78 is 5.44. The van der Waals surface area contributed by atoms with Crippen molar-refractivity contribution in [1.29, 1.82) is 0 Å². The molecule has 1 N–H and O–H groups in total. The molecule has 0 aliphatic heterocycles. The summed E-state index contributed by atoms with van der Waals surface area (Å²) in [6.45, 7) is 3.20. The smallest absolute Gasteiger partial charge is 0.230 e. The van der Waals surface area contributed by atoms with Gasteiger partial charge in [0.1, 0.15) is 0 Å². The van der Waals surface area contributed by atoms with Crippen molar-refractivity contribution in [1.82, 2.24) is 20.4 Å². The fraction of sp³-hybridized carbons (Fsp3) is 0.533. The standard InChI is InChI=1S/C15H20N4O/c1-2-17-13-7-5-11(6-8-13)15-18-14(19-20-15)12-4-3-9-16-10-12/h3-4,9-11,13,17H,2,5-8H2,1H3. The first-order valence-corrected chi connectivity index (χ1v) is 7.34. The Kier molecular flexibility index (Phi) is 4.06. The van der Waals surface area contributed by atoms with E-state index in [2.05, 4.69) is 27.4 Å². The van der Waals surface area contributed by atoms with E-state index in [9.17, 15) is 0 Å². The number of nitrogens with zero attached hydrogens (tertiary/aromatic N) is 3. The Morgan fingerprint density at radius 3 is 2.85 bits per heavy atom. The van der Waals surface area contributed by atoms with Crippen molar-refractivity contribution in [2.24, 2.45) is 0 Å². The number of pyridine rings is 1. The van der Waals surface area contributed by atoms with Crippen molar-refractivity contribution in [2.75, 3.05) is 6.54 Å². The van der Waals surface area contributed by atoms with Crippen molar-refractivity contribution in [3.05, 3.63) is 30.4 Å². The maximum atomic E-state index is 5.44. The molecule has 2 aromatic heterocycles. The highest BCUT2D eigenvalue weighted by atomic mass is 16.5. The van der Waals surface area contributed by atoms with E-state index in [1.165, 1.54) is 12.8 Å². The Morgan fingerprint density at radius 1 is 1.30 bits per heavy atom. The minimum Gasteiger partial charge on any atom is -0.339 e. The van der Waals surface area contributed by atoms with Crippen LogP contribution in [-0.2, 0) is 0 Å². The normalized spacial score (nSPS) is 22.9. The Bertz CT molecular complexity index is 532. The predicted molar refractivity (Wildman–Crippen MR) is 76.2 cm³/mol. The van der Waals surface area contributed by atoms with Crippen LogP contribution in [0.25, 0.3) is 11.4 Å². The molecular formula is C15H20N4O. The van der Waals surface area contributed by atoms with Crippen molar-refractivity contribution in [2.45, 2.75) is 44.6 Å². The maximum Gasteiger partial charge on any atom is 0.230 e. The average Bonchev–Trinajstić information content (AvgIpc) is 2.99. The molecule has 0 unspecified atom stereocenters. The summed E-state index contributed by atoms with van der Waals surface area (Å²) in [6.07, 6.45) is 8.11. The molecule has 1 saturated carbocycles. The molecule has 1 fully saturated rings. The molecule has 0 radical (unpaired) electrons. The first-order valence-electron chi connectivity index (χ1n) is 7.34. The molecule has 20 heavy (non-hydrogen) atoms. The molecule has 1 aliphatic rings. The zero-order valence-electron chi connectivity index (χ0n) is 11.7.